The molecule has 1 aromatic rings. The molecule has 0 saturated carbocycles. The van der Waals surface area contributed by atoms with Crippen LogP contribution in [0.4, 0.5) is 0 Å². The van der Waals surface area contributed by atoms with Gasteiger partial charge in [0.1, 0.15) is 24.1 Å². The average molecular weight is 240 g/mol. The number of quaternary nitrogens is 1. The Hall–Kier alpha value is -1.33. The molecule has 1 aromatic heterocycles. The van der Waals surface area contributed by atoms with Crippen molar-refractivity contribution >= 4 is 0 Å². The van der Waals surface area contributed by atoms with Crippen molar-refractivity contribution in [3.05, 3.63) is 27.8 Å². The van der Waals surface area contributed by atoms with Gasteiger partial charge in [0.15, 0.2) is 0 Å². The maximum Gasteiger partial charge on any atom is 0.348 e. The number of aromatic hydroxyl groups is 1. The third kappa shape index (κ3) is 2.68. The lowest BCUT2D eigenvalue weighted by atomic mass is 10.1. The number of aliphatic hydroxyl groups excluding tert-OH is 1. The van der Waals surface area contributed by atoms with E-state index < -0.39 is 5.63 Å². The Morgan fingerprint density at radius 2 is 2.00 bits per heavy atom. The Labute approximate surface area is 99.3 Å². The predicted octanol–water partition coefficient (Wildman–Crippen LogP) is -0.594. The van der Waals surface area contributed by atoms with Crippen molar-refractivity contribution in [2.75, 3.05) is 13.1 Å². The number of likely N-dealkylation sites (tertiary alicyclic amines) is 1. The molecule has 2 heterocycles. The molecule has 17 heavy (non-hydrogen) atoms. The first-order chi connectivity index (χ1) is 8.22. The fourth-order valence-electron chi connectivity index (χ4n) is 2.29. The quantitative estimate of drug-likeness (QED) is 0.660. The largest absolute Gasteiger partial charge is 0.507 e. The van der Waals surface area contributed by atoms with Crippen molar-refractivity contribution in [3.8, 4) is 5.75 Å². The summed E-state index contributed by atoms with van der Waals surface area (Å²) in [6.07, 6.45) is 4.66. The molecule has 1 saturated heterocycles. The van der Waals surface area contributed by atoms with Gasteiger partial charge in [-0.3, -0.25) is 0 Å². The summed E-state index contributed by atoms with van der Waals surface area (Å²) >= 11 is 0. The van der Waals surface area contributed by atoms with E-state index in [1.807, 2.05) is 0 Å². The minimum absolute atomic E-state index is 0.109. The average Bonchev–Trinajstić information content (AvgIpc) is 2.36. The molecule has 0 unspecified atom stereocenters. The highest BCUT2D eigenvalue weighted by Gasteiger charge is 2.20. The third-order valence-electron chi connectivity index (χ3n) is 3.30. The standard InChI is InChI=1S/C12H17NO4/c14-7-9-8-17-12(16)10(11(9)15)6-13-4-2-1-3-5-13/h8,14-15H,1-7H2/p+1. The van der Waals surface area contributed by atoms with E-state index in [0.29, 0.717) is 6.54 Å². The molecular formula is C12H18NO4+. The van der Waals surface area contributed by atoms with Crippen LogP contribution in [0.15, 0.2) is 15.5 Å². The number of nitrogens with one attached hydrogen (secondary N) is 1. The van der Waals surface area contributed by atoms with Crippen molar-refractivity contribution < 1.29 is 19.5 Å². The van der Waals surface area contributed by atoms with Gasteiger partial charge in [-0.25, -0.2) is 4.79 Å². The lowest BCUT2D eigenvalue weighted by molar-refractivity contribution is -0.918. The van der Waals surface area contributed by atoms with Gasteiger partial charge < -0.3 is 19.5 Å². The summed E-state index contributed by atoms with van der Waals surface area (Å²) in [7, 11) is 0. The van der Waals surface area contributed by atoms with Crippen molar-refractivity contribution in [3.63, 3.8) is 0 Å². The van der Waals surface area contributed by atoms with Crippen LogP contribution in [0.3, 0.4) is 0 Å². The molecule has 0 radical (unpaired) electrons. The summed E-state index contributed by atoms with van der Waals surface area (Å²) in [5.41, 5.74) is 0.0576. The van der Waals surface area contributed by atoms with Gasteiger partial charge in [0.2, 0.25) is 0 Å². The van der Waals surface area contributed by atoms with E-state index in [0.717, 1.165) is 32.2 Å². The van der Waals surface area contributed by atoms with E-state index in [1.54, 1.807) is 0 Å². The third-order valence-corrected chi connectivity index (χ3v) is 3.30. The fraction of sp³-hybridized carbons (Fsp3) is 0.583. The Morgan fingerprint density at radius 1 is 1.29 bits per heavy atom. The topological polar surface area (TPSA) is 75.1 Å². The first-order valence-corrected chi connectivity index (χ1v) is 5.99. The van der Waals surface area contributed by atoms with Crippen LogP contribution in [-0.2, 0) is 13.2 Å². The highest BCUT2D eigenvalue weighted by Crippen LogP contribution is 2.18. The van der Waals surface area contributed by atoms with Gasteiger partial charge >= 0.3 is 5.63 Å². The smallest absolute Gasteiger partial charge is 0.348 e. The highest BCUT2D eigenvalue weighted by molar-refractivity contribution is 5.35. The van der Waals surface area contributed by atoms with Crippen LogP contribution < -0.4 is 10.5 Å². The van der Waals surface area contributed by atoms with Crippen LogP contribution in [0, 0.1) is 0 Å². The molecule has 1 fully saturated rings. The van der Waals surface area contributed by atoms with Gasteiger partial charge in [-0.05, 0) is 19.3 Å². The van der Waals surface area contributed by atoms with Gasteiger partial charge in [0.05, 0.1) is 25.3 Å². The zero-order valence-electron chi connectivity index (χ0n) is 9.74. The fourth-order valence-corrected chi connectivity index (χ4v) is 2.29. The SMILES string of the molecule is O=c1occ(CO)c(O)c1C[NH+]1CCCCC1. The zero-order valence-corrected chi connectivity index (χ0v) is 9.74. The van der Waals surface area contributed by atoms with E-state index >= 15 is 0 Å². The molecule has 1 aliphatic heterocycles. The summed E-state index contributed by atoms with van der Waals surface area (Å²) in [4.78, 5) is 12.8. The molecule has 0 aromatic carbocycles. The molecule has 3 N–H and O–H groups in total. The second kappa shape index (κ2) is 5.33. The van der Waals surface area contributed by atoms with Crippen LogP contribution in [-0.4, -0.2) is 23.3 Å². The van der Waals surface area contributed by atoms with E-state index in [9.17, 15) is 9.90 Å². The number of hydrogen-bond donors (Lipinski definition) is 3. The first kappa shape index (κ1) is 12.1. The molecule has 0 atom stereocenters. The minimum Gasteiger partial charge on any atom is -0.507 e. The molecule has 5 heteroatoms. The van der Waals surface area contributed by atoms with Gasteiger partial charge in [-0.1, -0.05) is 0 Å². The van der Waals surface area contributed by atoms with Crippen LogP contribution >= 0.6 is 0 Å². The van der Waals surface area contributed by atoms with Crippen LogP contribution in [0.2, 0.25) is 0 Å². The monoisotopic (exact) mass is 240 g/mol. The molecule has 0 spiro atoms. The second-order valence-corrected chi connectivity index (χ2v) is 4.52. The number of rotatable bonds is 3. The van der Waals surface area contributed by atoms with Crippen molar-refractivity contribution in [2.45, 2.75) is 32.4 Å². The van der Waals surface area contributed by atoms with E-state index in [4.69, 9.17) is 9.52 Å². The minimum atomic E-state index is -0.502. The van der Waals surface area contributed by atoms with Crippen molar-refractivity contribution in [2.24, 2.45) is 0 Å². The van der Waals surface area contributed by atoms with Crippen molar-refractivity contribution in [1.82, 2.24) is 0 Å². The number of piperidine rings is 1. The van der Waals surface area contributed by atoms with Crippen molar-refractivity contribution in [1.29, 1.82) is 0 Å². The van der Waals surface area contributed by atoms with Crippen LogP contribution in [0.5, 0.6) is 5.75 Å². The lowest BCUT2D eigenvalue weighted by Gasteiger charge is -2.23. The Kier molecular flexibility index (Phi) is 3.81. The number of hydrogen-bond acceptors (Lipinski definition) is 4. The molecule has 0 amide bonds. The molecular weight excluding hydrogens is 222 g/mol. The highest BCUT2D eigenvalue weighted by atomic mass is 16.4. The first-order valence-electron chi connectivity index (χ1n) is 5.99. The molecule has 5 nitrogen and oxygen atoms in total. The maximum absolute atomic E-state index is 11.6. The summed E-state index contributed by atoms with van der Waals surface area (Å²) in [5.74, 6) is -0.109. The molecule has 0 bridgehead atoms. The Bertz CT molecular complexity index is 435. The summed E-state index contributed by atoms with van der Waals surface area (Å²) in [5, 5.41) is 18.9. The summed E-state index contributed by atoms with van der Waals surface area (Å²) in [6, 6.07) is 0. The summed E-state index contributed by atoms with van der Waals surface area (Å²) < 4.78 is 4.81. The zero-order chi connectivity index (χ0) is 12.3. The van der Waals surface area contributed by atoms with Gasteiger partial charge in [0.25, 0.3) is 0 Å². The van der Waals surface area contributed by atoms with E-state index in [2.05, 4.69) is 0 Å². The summed E-state index contributed by atoms with van der Waals surface area (Å²) in [6.45, 7) is 2.18. The van der Waals surface area contributed by atoms with Crippen LogP contribution in [0.1, 0.15) is 30.4 Å². The Morgan fingerprint density at radius 3 is 2.65 bits per heavy atom. The molecule has 1 aliphatic rings. The molecule has 94 valence electrons. The van der Waals surface area contributed by atoms with Crippen LogP contribution in [0.25, 0.3) is 0 Å². The predicted molar refractivity (Wildman–Crippen MR) is 60.8 cm³/mol. The number of aliphatic hydroxyl groups is 1. The normalized spacial score (nSPS) is 17.2. The Balaban J connectivity index is 2.21. The maximum atomic E-state index is 11.6. The molecule has 2 rings (SSSR count). The van der Waals surface area contributed by atoms with E-state index in [1.165, 1.54) is 11.3 Å². The second-order valence-electron chi connectivity index (χ2n) is 4.52. The van der Waals surface area contributed by atoms with Gasteiger partial charge in [0, 0.05) is 0 Å². The van der Waals surface area contributed by atoms with E-state index in [-0.39, 0.29) is 23.5 Å². The molecule has 0 aliphatic carbocycles. The van der Waals surface area contributed by atoms with Gasteiger partial charge in [-0.2, -0.15) is 0 Å². The van der Waals surface area contributed by atoms with Gasteiger partial charge in [-0.15, -0.1) is 0 Å². The lowest BCUT2D eigenvalue weighted by Crippen LogP contribution is -3.11.